The van der Waals surface area contributed by atoms with Crippen LogP contribution in [0.1, 0.15) is 48.0 Å². The number of hydrogen-bond acceptors (Lipinski definition) is 7. The zero-order valence-electron chi connectivity index (χ0n) is 20.1. The Bertz CT molecular complexity index is 1010. The van der Waals surface area contributed by atoms with Crippen molar-refractivity contribution >= 4 is 29.3 Å². The second kappa shape index (κ2) is 9.94. The van der Waals surface area contributed by atoms with Gasteiger partial charge in [-0.3, -0.25) is 29.4 Å². The maximum absolute atomic E-state index is 12.9. The van der Waals surface area contributed by atoms with Gasteiger partial charge in [-0.15, -0.1) is 0 Å². The van der Waals surface area contributed by atoms with E-state index in [-0.39, 0.29) is 36.1 Å². The fourth-order valence-corrected chi connectivity index (χ4v) is 5.55. The van der Waals surface area contributed by atoms with Gasteiger partial charge in [0.15, 0.2) is 0 Å². The second-order valence-corrected chi connectivity index (χ2v) is 10.0. The molecule has 1 unspecified atom stereocenters. The lowest BCUT2D eigenvalue weighted by Gasteiger charge is -2.37. The standard InChI is InChI=1S/C25H34N6O4/c26-18-5-9-30(10-6-18)23(33)7-8-28-11-13-29(14-12-28)19-1-2-20-17(15-19)16-31(25(20)35)21-3-4-22(32)27-24(21)34/h1-2,15,18,21H,3-14,16,26H2,(H,27,32,34). The summed E-state index contributed by atoms with van der Waals surface area (Å²) in [6.45, 7) is 6.19. The number of rotatable bonds is 5. The van der Waals surface area contributed by atoms with Gasteiger partial charge in [0, 0.05) is 82.5 Å². The number of fused-ring (bicyclic) bond motifs is 1. The number of carbonyl (C=O) groups excluding carboxylic acids is 4. The zero-order valence-corrected chi connectivity index (χ0v) is 20.1. The summed E-state index contributed by atoms with van der Waals surface area (Å²) in [5, 5.41) is 2.34. The van der Waals surface area contributed by atoms with E-state index in [0.29, 0.717) is 24.9 Å². The number of carbonyl (C=O) groups is 4. The van der Waals surface area contributed by atoms with Crippen molar-refractivity contribution < 1.29 is 19.2 Å². The minimum absolute atomic E-state index is 0.147. The SMILES string of the molecule is NC1CCN(C(=O)CCN2CCN(c3ccc4c(c3)CN(C3CCC(=O)NC3=O)C4=O)CC2)CC1. The molecule has 0 saturated carbocycles. The first-order valence-electron chi connectivity index (χ1n) is 12.7. The van der Waals surface area contributed by atoms with Crippen LogP contribution in [0, 0.1) is 0 Å². The molecule has 0 radical (unpaired) electrons. The highest BCUT2D eigenvalue weighted by atomic mass is 16.2. The first-order valence-corrected chi connectivity index (χ1v) is 12.7. The van der Waals surface area contributed by atoms with Crippen molar-refractivity contribution in [2.24, 2.45) is 5.73 Å². The monoisotopic (exact) mass is 482 g/mol. The third-order valence-electron chi connectivity index (χ3n) is 7.78. The van der Waals surface area contributed by atoms with Crippen LogP contribution in [0.5, 0.6) is 0 Å². The molecule has 0 spiro atoms. The second-order valence-electron chi connectivity index (χ2n) is 10.0. The van der Waals surface area contributed by atoms with Crippen molar-refractivity contribution in [3.8, 4) is 0 Å². The fraction of sp³-hybridized carbons (Fsp3) is 0.600. The summed E-state index contributed by atoms with van der Waals surface area (Å²) in [6.07, 6.45) is 2.95. The maximum atomic E-state index is 12.9. The Kier molecular flexibility index (Phi) is 6.75. The quantitative estimate of drug-likeness (QED) is 0.563. The molecule has 1 atom stereocenters. The molecule has 4 amide bonds. The molecular weight excluding hydrogens is 448 g/mol. The van der Waals surface area contributed by atoms with Crippen LogP contribution in [-0.4, -0.2) is 96.2 Å². The number of anilines is 1. The van der Waals surface area contributed by atoms with E-state index in [9.17, 15) is 19.2 Å². The topological polar surface area (TPSA) is 119 Å². The lowest BCUT2D eigenvalue weighted by atomic mass is 10.0. The van der Waals surface area contributed by atoms with E-state index >= 15 is 0 Å². The predicted octanol–water partition coefficient (Wildman–Crippen LogP) is -0.0906. The van der Waals surface area contributed by atoms with E-state index in [1.165, 1.54) is 0 Å². The van der Waals surface area contributed by atoms with Crippen LogP contribution in [-0.2, 0) is 20.9 Å². The van der Waals surface area contributed by atoms with E-state index in [0.717, 1.165) is 69.9 Å². The first kappa shape index (κ1) is 23.7. The largest absolute Gasteiger partial charge is 0.369 e. The molecule has 3 saturated heterocycles. The van der Waals surface area contributed by atoms with Crippen molar-refractivity contribution in [1.82, 2.24) is 20.0 Å². The number of nitrogens with two attached hydrogens (primary N) is 1. The van der Waals surface area contributed by atoms with Crippen LogP contribution in [0.3, 0.4) is 0 Å². The molecule has 10 heteroatoms. The molecule has 4 aliphatic rings. The molecule has 5 rings (SSSR count). The Hall–Kier alpha value is -2.98. The van der Waals surface area contributed by atoms with Crippen molar-refractivity contribution in [2.45, 2.75) is 50.7 Å². The van der Waals surface area contributed by atoms with Gasteiger partial charge in [-0.2, -0.15) is 0 Å². The molecule has 0 aliphatic carbocycles. The molecule has 35 heavy (non-hydrogen) atoms. The third-order valence-corrected chi connectivity index (χ3v) is 7.78. The van der Waals surface area contributed by atoms with Crippen LogP contribution >= 0.6 is 0 Å². The van der Waals surface area contributed by atoms with Gasteiger partial charge in [0.1, 0.15) is 6.04 Å². The highest BCUT2D eigenvalue weighted by Crippen LogP contribution is 2.31. The van der Waals surface area contributed by atoms with Crippen LogP contribution in [0.15, 0.2) is 18.2 Å². The van der Waals surface area contributed by atoms with Crippen molar-refractivity contribution in [3.05, 3.63) is 29.3 Å². The summed E-state index contributed by atoms with van der Waals surface area (Å²) in [4.78, 5) is 57.3. The van der Waals surface area contributed by atoms with E-state index in [1.54, 1.807) is 4.90 Å². The molecule has 1 aromatic rings. The summed E-state index contributed by atoms with van der Waals surface area (Å²) in [5.74, 6) is -0.590. The van der Waals surface area contributed by atoms with Crippen LogP contribution < -0.4 is 16.0 Å². The summed E-state index contributed by atoms with van der Waals surface area (Å²) >= 11 is 0. The number of hydrogen-bond donors (Lipinski definition) is 2. The normalized spacial score (nSPS) is 24.1. The third kappa shape index (κ3) is 5.04. The number of piperidine rings is 2. The van der Waals surface area contributed by atoms with Gasteiger partial charge in [-0.05, 0) is 43.0 Å². The van der Waals surface area contributed by atoms with E-state index < -0.39 is 6.04 Å². The minimum atomic E-state index is -0.594. The Balaban J connectivity index is 1.13. The predicted molar refractivity (Wildman–Crippen MR) is 130 cm³/mol. The zero-order chi connectivity index (χ0) is 24.5. The molecule has 188 valence electrons. The summed E-state index contributed by atoms with van der Waals surface area (Å²) in [5.41, 5.74) is 8.57. The number of likely N-dealkylation sites (tertiary alicyclic amines) is 1. The smallest absolute Gasteiger partial charge is 0.255 e. The van der Waals surface area contributed by atoms with Crippen molar-refractivity contribution in [1.29, 1.82) is 0 Å². The maximum Gasteiger partial charge on any atom is 0.255 e. The number of amides is 4. The van der Waals surface area contributed by atoms with Gasteiger partial charge in [0.2, 0.25) is 17.7 Å². The van der Waals surface area contributed by atoms with Crippen LogP contribution in [0.2, 0.25) is 0 Å². The molecule has 0 bridgehead atoms. The van der Waals surface area contributed by atoms with E-state index in [2.05, 4.69) is 21.2 Å². The minimum Gasteiger partial charge on any atom is -0.369 e. The summed E-state index contributed by atoms with van der Waals surface area (Å²) in [7, 11) is 0. The number of benzene rings is 1. The molecule has 3 fully saturated rings. The van der Waals surface area contributed by atoms with Crippen LogP contribution in [0.25, 0.3) is 0 Å². The summed E-state index contributed by atoms with van der Waals surface area (Å²) < 4.78 is 0. The number of piperazine rings is 1. The van der Waals surface area contributed by atoms with Gasteiger partial charge in [-0.25, -0.2) is 0 Å². The molecule has 4 aliphatic heterocycles. The molecule has 10 nitrogen and oxygen atoms in total. The lowest BCUT2D eigenvalue weighted by molar-refractivity contribution is -0.137. The Morgan fingerprint density at radius 1 is 1.00 bits per heavy atom. The van der Waals surface area contributed by atoms with E-state index in [1.807, 2.05) is 17.0 Å². The number of imide groups is 1. The Labute approximate surface area is 205 Å². The van der Waals surface area contributed by atoms with E-state index in [4.69, 9.17) is 5.73 Å². The van der Waals surface area contributed by atoms with Crippen LogP contribution in [0.4, 0.5) is 5.69 Å². The van der Waals surface area contributed by atoms with Crippen molar-refractivity contribution in [3.63, 3.8) is 0 Å². The van der Waals surface area contributed by atoms with Gasteiger partial charge in [0.25, 0.3) is 5.91 Å². The molecule has 1 aromatic carbocycles. The molecule has 4 heterocycles. The fourth-order valence-electron chi connectivity index (χ4n) is 5.55. The van der Waals surface area contributed by atoms with Gasteiger partial charge >= 0.3 is 0 Å². The van der Waals surface area contributed by atoms with Gasteiger partial charge < -0.3 is 20.4 Å². The van der Waals surface area contributed by atoms with Crippen molar-refractivity contribution in [2.75, 3.05) is 50.7 Å². The Morgan fingerprint density at radius 2 is 1.74 bits per heavy atom. The average molecular weight is 483 g/mol. The summed E-state index contributed by atoms with van der Waals surface area (Å²) in [6, 6.07) is 5.52. The highest BCUT2D eigenvalue weighted by molar-refractivity contribution is 6.05. The first-order chi connectivity index (χ1) is 16.9. The number of nitrogens with one attached hydrogen (secondary N) is 1. The molecule has 3 N–H and O–H groups in total. The number of nitrogens with zero attached hydrogens (tertiary/aromatic N) is 4. The molecular formula is C25H34N6O4. The Morgan fingerprint density at radius 3 is 2.46 bits per heavy atom. The average Bonchev–Trinajstić information content (AvgIpc) is 3.18. The molecule has 0 aromatic heterocycles. The van der Waals surface area contributed by atoms with Gasteiger partial charge in [0.05, 0.1) is 0 Å². The van der Waals surface area contributed by atoms with Gasteiger partial charge in [-0.1, -0.05) is 0 Å². The highest BCUT2D eigenvalue weighted by Gasteiger charge is 2.39. The lowest BCUT2D eigenvalue weighted by Crippen LogP contribution is -2.52.